The second-order valence-corrected chi connectivity index (χ2v) is 12.8. The molecule has 5 aliphatic carbocycles. The summed E-state index contributed by atoms with van der Waals surface area (Å²) in [6, 6.07) is 0. The molecule has 29 heavy (non-hydrogen) atoms. The first-order chi connectivity index (χ1) is 14.2. The molecule has 5 fully saturated rings. The van der Waals surface area contributed by atoms with Crippen molar-refractivity contribution >= 4 is 0 Å². The summed E-state index contributed by atoms with van der Waals surface area (Å²) >= 11 is 0. The van der Waals surface area contributed by atoms with Gasteiger partial charge in [0.1, 0.15) is 0 Å². The molecule has 0 spiro atoms. The van der Waals surface area contributed by atoms with Gasteiger partial charge in [0.05, 0.1) is 0 Å². The van der Waals surface area contributed by atoms with Gasteiger partial charge in [-0.1, -0.05) is 59.3 Å². The molecular formula is C29H50. The van der Waals surface area contributed by atoms with Crippen LogP contribution in [0.15, 0.2) is 0 Å². The van der Waals surface area contributed by atoms with Crippen LogP contribution >= 0.6 is 0 Å². The van der Waals surface area contributed by atoms with Crippen molar-refractivity contribution in [2.75, 3.05) is 0 Å². The smallest absolute Gasteiger partial charge is 0.0354 e. The maximum Gasteiger partial charge on any atom is -0.0354 e. The monoisotopic (exact) mass is 398 g/mol. The molecule has 0 aromatic heterocycles. The van der Waals surface area contributed by atoms with Gasteiger partial charge in [-0.15, -0.1) is 0 Å². The van der Waals surface area contributed by atoms with Gasteiger partial charge in [0, 0.05) is 0 Å². The highest BCUT2D eigenvalue weighted by molar-refractivity contribution is 5.01. The maximum atomic E-state index is 2.54. The average Bonchev–Trinajstić information content (AvgIpc) is 3.16. The fourth-order valence-electron chi connectivity index (χ4n) is 8.72. The molecule has 166 valence electrons. The van der Waals surface area contributed by atoms with Crippen molar-refractivity contribution in [3.63, 3.8) is 0 Å². The van der Waals surface area contributed by atoms with Crippen molar-refractivity contribution < 1.29 is 0 Å². The zero-order valence-corrected chi connectivity index (χ0v) is 20.0. The summed E-state index contributed by atoms with van der Waals surface area (Å²) in [7, 11) is 0. The molecule has 0 aromatic carbocycles. The molecule has 5 aliphatic rings. The lowest BCUT2D eigenvalue weighted by atomic mass is 9.60. The maximum absolute atomic E-state index is 2.54. The SMILES string of the molecule is CCCC(C)C1CCC(C2CC(C(CC)CC3CC3C3CC(C4CCC4)C3)C2)C1. The second kappa shape index (κ2) is 8.86. The van der Waals surface area contributed by atoms with Crippen LogP contribution in [0, 0.1) is 65.1 Å². The first kappa shape index (κ1) is 20.9. The van der Waals surface area contributed by atoms with Gasteiger partial charge < -0.3 is 0 Å². The third kappa shape index (κ3) is 4.35. The Labute approximate surface area is 182 Å². The van der Waals surface area contributed by atoms with E-state index in [2.05, 4.69) is 20.8 Å². The van der Waals surface area contributed by atoms with Gasteiger partial charge >= 0.3 is 0 Å². The molecule has 0 radical (unpaired) electrons. The van der Waals surface area contributed by atoms with Gasteiger partial charge in [-0.2, -0.15) is 0 Å². The molecule has 6 atom stereocenters. The van der Waals surface area contributed by atoms with E-state index in [1.807, 2.05) is 0 Å². The Morgan fingerprint density at radius 2 is 1.41 bits per heavy atom. The lowest BCUT2D eigenvalue weighted by molar-refractivity contribution is 0.0507. The lowest BCUT2D eigenvalue weighted by Gasteiger charge is -2.45. The topological polar surface area (TPSA) is 0 Å². The predicted octanol–water partition coefficient (Wildman–Crippen LogP) is 8.74. The standard InChI is InChI=1S/C29H50/c1-4-7-19(3)22-10-11-23(13-22)26-14-24(15-26)20(5-2)12-28-18-29(28)27-16-25(17-27)21-8-6-9-21/h19-29H,4-18H2,1-3H3. The van der Waals surface area contributed by atoms with E-state index in [4.69, 9.17) is 0 Å². The molecule has 0 aromatic rings. The van der Waals surface area contributed by atoms with Crippen molar-refractivity contribution in [1.82, 2.24) is 0 Å². The predicted molar refractivity (Wildman–Crippen MR) is 125 cm³/mol. The molecule has 0 saturated heterocycles. The van der Waals surface area contributed by atoms with E-state index in [-0.39, 0.29) is 0 Å². The zero-order chi connectivity index (χ0) is 20.0. The fraction of sp³-hybridized carbons (Fsp3) is 1.00. The molecule has 0 N–H and O–H groups in total. The normalized spacial score (nSPS) is 46.4. The molecular weight excluding hydrogens is 348 g/mol. The zero-order valence-electron chi connectivity index (χ0n) is 20.0. The minimum atomic E-state index is 0.992. The number of rotatable bonds is 10. The molecule has 0 bridgehead atoms. The highest BCUT2D eigenvalue weighted by atomic mass is 14.6. The summed E-state index contributed by atoms with van der Waals surface area (Å²) in [6.45, 7) is 7.41. The molecule has 0 heteroatoms. The molecule has 0 nitrogen and oxygen atoms in total. The second-order valence-electron chi connectivity index (χ2n) is 12.8. The summed E-state index contributed by atoms with van der Waals surface area (Å²) < 4.78 is 0. The van der Waals surface area contributed by atoms with Crippen LogP contribution in [0.2, 0.25) is 0 Å². The lowest BCUT2D eigenvalue weighted by Crippen LogP contribution is -2.35. The van der Waals surface area contributed by atoms with Gasteiger partial charge in [-0.3, -0.25) is 0 Å². The third-order valence-corrected chi connectivity index (χ3v) is 11.3. The molecule has 0 aliphatic heterocycles. The van der Waals surface area contributed by atoms with Gasteiger partial charge in [0.15, 0.2) is 0 Å². The van der Waals surface area contributed by atoms with Crippen molar-refractivity contribution in [1.29, 1.82) is 0 Å². The molecule has 5 saturated carbocycles. The quantitative estimate of drug-likeness (QED) is 0.345. The van der Waals surface area contributed by atoms with Crippen LogP contribution in [0.4, 0.5) is 0 Å². The summed E-state index contributed by atoms with van der Waals surface area (Å²) in [4.78, 5) is 0. The fourth-order valence-corrected chi connectivity index (χ4v) is 8.72. The van der Waals surface area contributed by atoms with Crippen LogP contribution in [0.1, 0.15) is 117 Å². The third-order valence-electron chi connectivity index (χ3n) is 11.3. The van der Waals surface area contributed by atoms with E-state index in [1.54, 1.807) is 70.6 Å². The highest BCUT2D eigenvalue weighted by Gasteiger charge is 2.51. The Bertz CT molecular complexity index is 520. The summed E-state index contributed by atoms with van der Waals surface area (Å²) in [6.07, 6.45) is 23.4. The van der Waals surface area contributed by atoms with Crippen molar-refractivity contribution in [3.8, 4) is 0 Å². The van der Waals surface area contributed by atoms with Crippen LogP contribution in [-0.4, -0.2) is 0 Å². The van der Waals surface area contributed by atoms with Crippen molar-refractivity contribution in [2.45, 2.75) is 117 Å². The number of hydrogen-bond donors (Lipinski definition) is 0. The van der Waals surface area contributed by atoms with Crippen molar-refractivity contribution in [2.24, 2.45) is 65.1 Å². The average molecular weight is 399 g/mol. The van der Waals surface area contributed by atoms with E-state index >= 15 is 0 Å². The minimum absolute atomic E-state index is 0.992. The first-order valence-electron chi connectivity index (χ1n) is 14.2. The Kier molecular flexibility index (Phi) is 6.38. The molecule has 6 unspecified atom stereocenters. The Morgan fingerprint density at radius 1 is 0.690 bits per heavy atom. The van der Waals surface area contributed by atoms with Crippen LogP contribution in [0.25, 0.3) is 0 Å². The number of hydrogen-bond acceptors (Lipinski definition) is 0. The first-order valence-corrected chi connectivity index (χ1v) is 14.2. The van der Waals surface area contributed by atoms with E-state index in [0.717, 1.165) is 47.3 Å². The summed E-state index contributed by atoms with van der Waals surface area (Å²) in [5, 5.41) is 0. The van der Waals surface area contributed by atoms with Crippen LogP contribution in [0.3, 0.4) is 0 Å². The molecule has 0 amide bonds. The Morgan fingerprint density at radius 3 is 2.07 bits per heavy atom. The Balaban J connectivity index is 1.01. The summed E-state index contributed by atoms with van der Waals surface area (Å²) in [5.74, 6) is 12.3. The van der Waals surface area contributed by atoms with Crippen LogP contribution < -0.4 is 0 Å². The van der Waals surface area contributed by atoms with Gasteiger partial charge in [-0.05, 0) is 123 Å². The minimum Gasteiger partial charge on any atom is -0.0654 e. The molecule has 5 rings (SSSR count). The Hall–Kier alpha value is 0. The summed E-state index contributed by atoms with van der Waals surface area (Å²) in [5.41, 5.74) is 0. The van der Waals surface area contributed by atoms with E-state index in [1.165, 1.54) is 43.4 Å². The van der Waals surface area contributed by atoms with E-state index in [9.17, 15) is 0 Å². The van der Waals surface area contributed by atoms with E-state index < -0.39 is 0 Å². The van der Waals surface area contributed by atoms with Gasteiger partial charge in [-0.25, -0.2) is 0 Å². The van der Waals surface area contributed by atoms with Crippen molar-refractivity contribution in [3.05, 3.63) is 0 Å². The van der Waals surface area contributed by atoms with Gasteiger partial charge in [0.25, 0.3) is 0 Å². The largest absolute Gasteiger partial charge is 0.0654 e. The van der Waals surface area contributed by atoms with Crippen LogP contribution in [0.5, 0.6) is 0 Å². The van der Waals surface area contributed by atoms with Gasteiger partial charge in [0.2, 0.25) is 0 Å². The van der Waals surface area contributed by atoms with Crippen LogP contribution in [-0.2, 0) is 0 Å². The highest BCUT2D eigenvalue weighted by Crippen LogP contribution is 2.60. The molecule has 0 heterocycles. The van der Waals surface area contributed by atoms with E-state index in [0.29, 0.717) is 0 Å².